The summed E-state index contributed by atoms with van der Waals surface area (Å²) in [5.74, 6) is -1.65. The van der Waals surface area contributed by atoms with Crippen LogP contribution in [0.2, 0.25) is 0 Å². The van der Waals surface area contributed by atoms with Gasteiger partial charge >= 0.3 is 5.97 Å². The number of imidazole rings is 1. The molecule has 8 heteroatoms. The number of H-pyrrole nitrogens is 1. The number of carboxylic acids is 1. The number of carbonyl (C=O) groups excluding carboxylic acids is 1. The summed E-state index contributed by atoms with van der Waals surface area (Å²) >= 11 is 4.05. The van der Waals surface area contributed by atoms with Gasteiger partial charge in [-0.1, -0.05) is 0 Å². The topological polar surface area (TPSA) is 121 Å². The van der Waals surface area contributed by atoms with Gasteiger partial charge in [-0.05, 0) is 6.92 Å². The van der Waals surface area contributed by atoms with Gasteiger partial charge in [0.2, 0.25) is 5.91 Å². The number of nitrogens with one attached hydrogen (secondary N) is 2. The van der Waals surface area contributed by atoms with Gasteiger partial charge in [-0.15, -0.1) is 12.6 Å². The SMILES string of the molecule is CC(N)C(=O)NC(Cc1[nH]cnc1S)C(=O)O. The summed E-state index contributed by atoms with van der Waals surface area (Å²) in [6.45, 7) is 1.48. The first-order valence-corrected chi connectivity index (χ1v) is 5.36. The van der Waals surface area contributed by atoms with Gasteiger partial charge in [0.05, 0.1) is 18.1 Å². The molecule has 0 aliphatic heterocycles. The monoisotopic (exact) mass is 258 g/mol. The fourth-order valence-electron chi connectivity index (χ4n) is 1.17. The third kappa shape index (κ3) is 3.75. The zero-order valence-electron chi connectivity index (χ0n) is 9.17. The van der Waals surface area contributed by atoms with Gasteiger partial charge in [-0.2, -0.15) is 0 Å². The molecule has 0 aromatic carbocycles. The van der Waals surface area contributed by atoms with Crippen molar-refractivity contribution in [2.24, 2.45) is 5.73 Å². The Balaban J connectivity index is 2.71. The van der Waals surface area contributed by atoms with Crippen LogP contribution in [-0.2, 0) is 16.0 Å². The molecule has 2 atom stereocenters. The van der Waals surface area contributed by atoms with Crippen molar-refractivity contribution in [1.29, 1.82) is 0 Å². The maximum atomic E-state index is 11.3. The number of hydrogen-bond acceptors (Lipinski definition) is 5. The largest absolute Gasteiger partial charge is 0.480 e. The molecule has 0 fully saturated rings. The zero-order chi connectivity index (χ0) is 13.0. The molecule has 0 radical (unpaired) electrons. The van der Waals surface area contributed by atoms with Crippen molar-refractivity contribution in [3.05, 3.63) is 12.0 Å². The summed E-state index contributed by atoms with van der Waals surface area (Å²) in [6, 6.07) is -1.81. The first-order chi connectivity index (χ1) is 7.91. The van der Waals surface area contributed by atoms with Crippen molar-refractivity contribution in [1.82, 2.24) is 15.3 Å². The van der Waals surface area contributed by atoms with E-state index in [1.807, 2.05) is 0 Å². The molecule has 0 bridgehead atoms. The normalized spacial score (nSPS) is 14.1. The standard InChI is InChI=1S/C9H14N4O3S/c1-4(10)7(14)13-6(9(15)16)2-5-8(17)12-3-11-5/h3-4,6,17H,2,10H2,1H3,(H,11,12)(H,13,14)(H,15,16). The molecule has 0 spiro atoms. The van der Waals surface area contributed by atoms with Crippen molar-refractivity contribution in [2.45, 2.75) is 30.5 Å². The Kier molecular flexibility index (Phi) is 4.53. The van der Waals surface area contributed by atoms with Crippen LogP contribution in [-0.4, -0.2) is 39.0 Å². The highest BCUT2D eigenvalue weighted by Gasteiger charge is 2.23. The summed E-state index contributed by atoms with van der Waals surface area (Å²) in [5.41, 5.74) is 5.89. The summed E-state index contributed by atoms with van der Waals surface area (Å²) in [5, 5.41) is 11.7. The Bertz CT molecular complexity index is 418. The predicted octanol–water partition coefficient (Wildman–Crippen LogP) is -0.842. The zero-order valence-corrected chi connectivity index (χ0v) is 10.1. The number of carboxylic acid groups (broad SMARTS) is 1. The summed E-state index contributed by atoms with van der Waals surface area (Å²) in [7, 11) is 0. The molecule has 7 nitrogen and oxygen atoms in total. The molecule has 2 unspecified atom stereocenters. The first-order valence-electron chi connectivity index (χ1n) is 4.91. The predicted molar refractivity (Wildman–Crippen MR) is 62.8 cm³/mol. The van der Waals surface area contributed by atoms with E-state index in [-0.39, 0.29) is 6.42 Å². The van der Waals surface area contributed by atoms with E-state index in [2.05, 4.69) is 27.9 Å². The molecule has 1 amide bonds. The van der Waals surface area contributed by atoms with E-state index in [4.69, 9.17) is 10.8 Å². The molecule has 17 heavy (non-hydrogen) atoms. The molecule has 1 rings (SSSR count). The molecule has 0 aliphatic rings. The van der Waals surface area contributed by atoms with E-state index in [9.17, 15) is 9.59 Å². The second-order valence-corrected chi connectivity index (χ2v) is 4.02. The second-order valence-electron chi connectivity index (χ2n) is 3.60. The molecule has 94 valence electrons. The third-order valence-corrected chi connectivity index (χ3v) is 2.52. The average Bonchev–Trinajstić information content (AvgIpc) is 2.62. The number of aliphatic carboxylic acids is 1. The number of rotatable bonds is 5. The van der Waals surface area contributed by atoms with Crippen LogP contribution >= 0.6 is 12.6 Å². The minimum Gasteiger partial charge on any atom is -0.480 e. The van der Waals surface area contributed by atoms with Gasteiger partial charge in [0.1, 0.15) is 11.1 Å². The van der Waals surface area contributed by atoms with E-state index in [0.717, 1.165) is 0 Å². The molecule has 1 heterocycles. The lowest BCUT2D eigenvalue weighted by Crippen LogP contribution is -2.48. The van der Waals surface area contributed by atoms with Crippen LogP contribution in [0, 0.1) is 0 Å². The summed E-state index contributed by atoms with van der Waals surface area (Å²) < 4.78 is 0. The van der Waals surface area contributed by atoms with Crippen molar-refractivity contribution >= 4 is 24.5 Å². The Morgan fingerprint density at radius 3 is 2.76 bits per heavy atom. The number of nitrogens with two attached hydrogens (primary N) is 1. The molecule has 1 aromatic rings. The van der Waals surface area contributed by atoms with E-state index in [1.54, 1.807) is 0 Å². The van der Waals surface area contributed by atoms with Gasteiger partial charge < -0.3 is 21.1 Å². The fraction of sp³-hybridized carbons (Fsp3) is 0.444. The summed E-state index contributed by atoms with van der Waals surface area (Å²) in [6.07, 6.45) is 1.48. The number of aromatic amines is 1. The van der Waals surface area contributed by atoms with E-state index < -0.39 is 24.0 Å². The van der Waals surface area contributed by atoms with Gasteiger partial charge in [0.25, 0.3) is 0 Å². The van der Waals surface area contributed by atoms with E-state index in [1.165, 1.54) is 13.3 Å². The second kappa shape index (κ2) is 5.69. The van der Waals surface area contributed by atoms with Gasteiger partial charge in [0.15, 0.2) is 0 Å². The molecule has 0 aliphatic carbocycles. The van der Waals surface area contributed by atoms with Crippen LogP contribution in [0.3, 0.4) is 0 Å². The molecular weight excluding hydrogens is 244 g/mol. The molecular formula is C9H14N4O3S. The van der Waals surface area contributed by atoms with Crippen LogP contribution in [0.15, 0.2) is 11.4 Å². The van der Waals surface area contributed by atoms with Crippen molar-refractivity contribution in [3.8, 4) is 0 Å². The highest BCUT2D eigenvalue weighted by molar-refractivity contribution is 7.80. The van der Waals surface area contributed by atoms with Crippen LogP contribution in [0.5, 0.6) is 0 Å². The van der Waals surface area contributed by atoms with Crippen LogP contribution in [0.1, 0.15) is 12.6 Å². The van der Waals surface area contributed by atoms with Crippen molar-refractivity contribution < 1.29 is 14.7 Å². The highest BCUT2D eigenvalue weighted by Crippen LogP contribution is 2.10. The number of hydrogen-bond donors (Lipinski definition) is 5. The van der Waals surface area contributed by atoms with Crippen molar-refractivity contribution in [3.63, 3.8) is 0 Å². The number of aromatic nitrogens is 2. The van der Waals surface area contributed by atoms with Crippen LogP contribution in [0.4, 0.5) is 0 Å². The van der Waals surface area contributed by atoms with Gasteiger partial charge in [-0.25, -0.2) is 9.78 Å². The lowest BCUT2D eigenvalue weighted by Gasteiger charge is -2.15. The highest BCUT2D eigenvalue weighted by atomic mass is 32.1. The Labute approximate surface area is 103 Å². The molecule has 0 saturated heterocycles. The molecule has 0 saturated carbocycles. The summed E-state index contributed by atoms with van der Waals surface area (Å²) in [4.78, 5) is 28.9. The average molecular weight is 258 g/mol. The fourth-order valence-corrected chi connectivity index (χ4v) is 1.38. The molecule has 1 aromatic heterocycles. The number of thiol groups is 1. The third-order valence-electron chi connectivity index (χ3n) is 2.13. The van der Waals surface area contributed by atoms with Gasteiger partial charge in [0, 0.05) is 6.42 Å². The number of nitrogens with zero attached hydrogens (tertiary/aromatic N) is 1. The minimum absolute atomic E-state index is 0.0760. The molecule has 5 N–H and O–H groups in total. The first kappa shape index (κ1) is 13.5. The van der Waals surface area contributed by atoms with Crippen LogP contribution in [0.25, 0.3) is 0 Å². The number of amides is 1. The number of carbonyl (C=O) groups is 2. The quantitative estimate of drug-likeness (QED) is 0.441. The lowest BCUT2D eigenvalue weighted by atomic mass is 10.1. The van der Waals surface area contributed by atoms with Gasteiger partial charge in [-0.3, -0.25) is 4.79 Å². The maximum Gasteiger partial charge on any atom is 0.326 e. The smallest absolute Gasteiger partial charge is 0.326 e. The lowest BCUT2D eigenvalue weighted by molar-refractivity contribution is -0.141. The Morgan fingerprint density at radius 1 is 1.71 bits per heavy atom. The van der Waals surface area contributed by atoms with Crippen molar-refractivity contribution in [2.75, 3.05) is 0 Å². The maximum absolute atomic E-state index is 11.3. The van der Waals surface area contributed by atoms with E-state index in [0.29, 0.717) is 10.7 Å². The van der Waals surface area contributed by atoms with E-state index >= 15 is 0 Å². The minimum atomic E-state index is -1.14. The van der Waals surface area contributed by atoms with Crippen LogP contribution < -0.4 is 11.1 Å². The Hall–Kier alpha value is -1.54. The Morgan fingerprint density at radius 2 is 2.35 bits per heavy atom.